The van der Waals surface area contributed by atoms with Crippen LogP contribution in [-0.4, -0.2) is 32.8 Å². The monoisotopic (exact) mass is 307 g/mol. The fraction of sp³-hybridized carbons (Fsp3) is 0.417. The molecule has 0 radical (unpaired) electrons. The fourth-order valence-electron chi connectivity index (χ4n) is 1.28. The molecular weight excluding hydrogens is 292 g/mol. The van der Waals surface area contributed by atoms with E-state index in [2.05, 4.69) is 5.32 Å². The van der Waals surface area contributed by atoms with Gasteiger partial charge in [0.2, 0.25) is 9.84 Å². The van der Waals surface area contributed by atoms with Crippen molar-refractivity contribution >= 4 is 21.4 Å². The van der Waals surface area contributed by atoms with Crippen LogP contribution in [0.15, 0.2) is 29.2 Å². The van der Waals surface area contributed by atoms with Gasteiger partial charge in [-0.1, -0.05) is 12.1 Å². The predicted molar refractivity (Wildman–Crippen MR) is 69.3 cm³/mol. The Balaban J connectivity index is 3.20. The van der Waals surface area contributed by atoms with E-state index in [1.165, 1.54) is 39.2 Å². The van der Waals surface area contributed by atoms with Gasteiger partial charge in [0.15, 0.2) is 0 Å². The minimum atomic E-state index is -4.79. The number of carbonyl (C=O) groups excluding carboxylic acids is 1. The topological polar surface area (TPSA) is 72.5 Å². The quantitative estimate of drug-likeness (QED) is 0.903. The zero-order valence-corrected chi connectivity index (χ0v) is 12.0. The van der Waals surface area contributed by atoms with E-state index in [-0.39, 0.29) is 5.69 Å². The van der Waals surface area contributed by atoms with Gasteiger partial charge >= 0.3 is 5.76 Å². The first-order valence-corrected chi connectivity index (χ1v) is 7.15. The summed E-state index contributed by atoms with van der Waals surface area (Å²) in [4.78, 5) is 11.3. The third-order valence-corrected chi connectivity index (χ3v) is 4.17. The Morgan fingerprint density at radius 1 is 1.30 bits per heavy atom. The van der Waals surface area contributed by atoms with E-state index in [1.807, 2.05) is 0 Å². The molecule has 0 spiro atoms. The Morgan fingerprint density at radius 2 is 1.85 bits per heavy atom. The van der Waals surface area contributed by atoms with Crippen molar-refractivity contribution in [1.82, 2.24) is 0 Å². The SMILES string of the molecule is COC(C)(C)C(=O)Nc1ccccc1S(=O)(=O)C(F)F. The van der Waals surface area contributed by atoms with Crippen LogP contribution in [-0.2, 0) is 19.4 Å². The Morgan fingerprint density at radius 3 is 2.35 bits per heavy atom. The summed E-state index contributed by atoms with van der Waals surface area (Å²) in [6.07, 6.45) is 0. The van der Waals surface area contributed by atoms with Crippen LogP contribution in [0.2, 0.25) is 0 Å². The number of ether oxygens (including phenoxy) is 1. The Kier molecular flexibility index (Phi) is 4.82. The predicted octanol–water partition coefficient (Wildman–Crippen LogP) is 2.05. The third kappa shape index (κ3) is 3.31. The van der Waals surface area contributed by atoms with Crippen LogP contribution in [0.5, 0.6) is 0 Å². The molecule has 1 rings (SSSR count). The maximum Gasteiger partial charge on any atom is 0.341 e. The van der Waals surface area contributed by atoms with Crippen LogP contribution in [0, 0.1) is 0 Å². The third-order valence-electron chi connectivity index (χ3n) is 2.73. The second kappa shape index (κ2) is 5.84. The molecule has 0 fully saturated rings. The van der Waals surface area contributed by atoms with Crippen LogP contribution in [0.25, 0.3) is 0 Å². The average molecular weight is 307 g/mol. The molecule has 0 unspecified atom stereocenters. The first-order chi connectivity index (χ1) is 9.13. The number of amides is 1. The number of nitrogens with one attached hydrogen (secondary N) is 1. The minimum absolute atomic E-state index is 0.206. The number of halogens is 2. The van der Waals surface area contributed by atoms with Gasteiger partial charge in [0, 0.05) is 7.11 Å². The number of rotatable bonds is 5. The molecule has 0 saturated heterocycles. The molecular formula is C12H15F2NO4S. The fourth-order valence-corrected chi connectivity index (χ4v) is 2.17. The van der Waals surface area contributed by atoms with Crippen molar-refractivity contribution in [1.29, 1.82) is 0 Å². The van der Waals surface area contributed by atoms with Gasteiger partial charge in [-0.05, 0) is 26.0 Å². The number of methoxy groups -OCH3 is 1. The van der Waals surface area contributed by atoms with Gasteiger partial charge in [0.1, 0.15) is 5.60 Å². The Bertz CT molecular complexity index is 599. The van der Waals surface area contributed by atoms with Gasteiger partial charge in [-0.15, -0.1) is 0 Å². The normalized spacial score (nSPS) is 12.5. The number of benzene rings is 1. The van der Waals surface area contributed by atoms with E-state index >= 15 is 0 Å². The van der Waals surface area contributed by atoms with Crippen molar-refractivity contribution in [3.8, 4) is 0 Å². The van der Waals surface area contributed by atoms with Gasteiger partial charge in [0.05, 0.1) is 10.6 Å². The van der Waals surface area contributed by atoms with E-state index in [0.29, 0.717) is 0 Å². The molecule has 8 heteroatoms. The summed E-state index contributed by atoms with van der Waals surface area (Å²) in [5, 5.41) is 2.29. The lowest BCUT2D eigenvalue weighted by Crippen LogP contribution is -2.39. The number of hydrogen-bond donors (Lipinski definition) is 1. The summed E-state index contributed by atoms with van der Waals surface area (Å²) in [6, 6.07) is 4.97. The lowest BCUT2D eigenvalue weighted by molar-refractivity contribution is -0.133. The molecule has 0 atom stereocenters. The van der Waals surface area contributed by atoms with Crippen molar-refractivity contribution in [2.75, 3.05) is 12.4 Å². The van der Waals surface area contributed by atoms with Crippen LogP contribution in [0.3, 0.4) is 0 Å². The van der Waals surface area contributed by atoms with E-state index in [4.69, 9.17) is 4.74 Å². The van der Waals surface area contributed by atoms with Crippen LogP contribution >= 0.6 is 0 Å². The summed E-state index contributed by atoms with van der Waals surface area (Å²) in [7, 11) is -3.49. The lowest BCUT2D eigenvalue weighted by Gasteiger charge is -2.22. The first kappa shape index (κ1) is 16.5. The van der Waals surface area contributed by atoms with Gasteiger partial charge in [-0.25, -0.2) is 8.42 Å². The van der Waals surface area contributed by atoms with Gasteiger partial charge in [-0.3, -0.25) is 4.79 Å². The number of alkyl halides is 2. The standard InChI is InChI=1S/C12H15F2NO4S/c1-12(2,19-3)10(16)15-8-6-4-5-7-9(8)20(17,18)11(13)14/h4-7,11H,1-3H3,(H,15,16). The van der Waals surface area contributed by atoms with Gasteiger partial charge < -0.3 is 10.1 Å². The lowest BCUT2D eigenvalue weighted by atomic mass is 10.1. The largest absolute Gasteiger partial charge is 0.369 e. The molecule has 0 bridgehead atoms. The number of hydrogen-bond acceptors (Lipinski definition) is 4. The van der Waals surface area contributed by atoms with Gasteiger partial charge in [0.25, 0.3) is 5.91 Å². The molecule has 1 aromatic rings. The molecule has 1 N–H and O–H groups in total. The van der Waals surface area contributed by atoms with Crippen molar-refractivity contribution in [3.05, 3.63) is 24.3 Å². The number of para-hydroxylation sites is 1. The molecule has 0 saturated carbocycles. The van der Waals surface area contributed by atoms with Crippen molar-refractivity contribution in [2.24, 2.45) is 0 Å². The van der Waals surface area contributed by atoms with Gasteiger partial charge in [-0.2, -0.15) is 8.78 Å². The summed E-state index contributed by atoms with van der Waals surface area (Å²) in [5.74, 6) is -4.20. The number of sulfone groups is 1. The van der Waals surface area contributed by atoms with Crippen LogP contribution in [0.1, 0.15) is 13.8 Å². The highest BCUT2D eigenvalue weighted by Gasteiger charge is 2.32. The smallest absolute Gasteiger partial charge is 0.341 e. The molecule has 1 amide bonds. The molecule has 5 nitrogen and oxygen atoms in total. The zero-order chi connectivity index (χ0) is 15.6. The second-order valence-corrected chi connectivity index (χ2v) is 6.36. The van der Waals surface area contributed by atoms with Crippen LogP contribution in [0.4, 0.5) is 14.5 Å². The molecule has 1 aromatic carbocycles. The van der Waals surface area contributed by atoms with E-state index in [0.717, 1.165) is 6.07 Å². The molecule has 0 aliphatic rings. The van der Waals surface area contributed by atoms with E-state index in [9.17, 15) is 22.0 Å². The average Bonchev–Trinajstić information content (AvgIpc) is 2.38. The van der Waals surface area contributed by atoms with Crippen molar-refractivity contribution in [3.63, 3.8) is 0 Å². The maximum absolute atomic E-state index is 12.6. The molecule has 0 aromatic heterocycles. The van der Waals surface area contributed by atoms with E-state index in [1.54, 1.807) is 0 Å². The Labute approximate surface area is 115 Å². The highest BCUT2D eigenvalue weighted by molar-refractivity contribution is 7.91. The zero-order valence-electron chi connectivity index (χ0n) is 11.2. The summed E-state index contributed by atoms with van der Waals surface area (Å²) in [6.45, 7) is 2.93. The highest BCUT2D eigenvalue weighted by Crippen LogP contribution is 2.27. The first-order valence-electron chi connectivity index (χ1n) is 5.60. The Hall–Kier alpha value is -1.54. The molecule has 0 aliphatic carbocycles. The molecule has 112 valence electrons. The number of anilines is 1. The summed E-state index contributed by atoms with van der Waals surface area (Å²) in [5.41, 5.74) is -1.43. The maximum atomic E-state index is 12.6. The van der Waals surface area contributed by atoms with Crippen LogP contribution < -0.4 is 5.32 Å². The number of carbonyl (C=O) groups is 1. The van der Waals surface area contributed by atoms with E-state index < -0.39 is 32.0 Å². The molecule has 20 heavy (non-hydrogen) atoms. The van der Waals surface area contributed by atoms with Crippen molar-refractivity contribution in [2.45, 2.75) is 30.1 Å². The highest BCUT2D eigenvalue weighted by atomic mass is 32.2. The minimum Gasteiger partial charge on any atom is -0.369 e. The second-order valence-electron chi connectivity index (χ2n) is 4.47. The summed E-state index contributed by atoms with van der Waals surface area (Å²) < 4.78 is 53.2. The molecule has 0 aliphatic heterocycles. The summed E-state index contributed by atoms with van der Waals surface area (Å²) >= 11 is 0. The van der Waals surface area contributed by atoms with Crippen molar-refractivity contribution < 1.29 is 26.7 Å². The molecule has 0 heterocycles.